The first kappa shape index (κ1) is 16.3. The van der Waals surface area contributed by atoms with E-state index in [0.29, 0.717) is 15.1 Å². The third-order valence-electron chi connectivity index (χ3n) is 3.14. The van der Waals surface area contributed by atoms with Crippen molar-refractivity contribution in [2.75, 3.05) is 0 Å². The van der Waals surface area contributed by atoms with Gasteiger partial charge in [0.15, 0.2) is 0 Å². The van der Waals surface area contributed by atoms with Gasteiger partial charge in [-0.25, -0.2) is 0 Å². The molecule has 0 amide bonds. The standard InChI is InChI=1S/C17H10F3IOS/c18-17(19,20)11-6-7-13(14(21)10-11)16-15(8-9-23-16)22-12-4-2-1-3-5-12/h1-10H. The fourth-order valence-corrected chi connectivity index (χ4v) is 3.89. The molecule has 3 aromatic rings. The van der Waals surface area contributed by atoms with E-state index in [9.17, 15) is 13.2 Å². The Morgan fingerprint density at radius 3 is 2.35 bits per heavy atom. The van der Waals surface area contributed by atoms with Crippen molar-refractivity contribution in [3.05, 3.63) is 69.1 Å². The van der Waals surface area contributed by atoms with Gasteiger partial charge >= 0.3 is 6.18 Å². The summed E-state index contributed by atoms with van der Waals surface area (Å²) < 4.78 is 44.7. The first-order valence-electron chi connectivity index (χ1n) is 6.62. The van der Waals surface area contributed by atoms with Gasteiger partial charge in [0, 0.05) is 9.13 Å². The summed E-state index contributed by atoms with van der Waals surface area (Å²) >= 11 is 3.36. The molecule has 0 saturated heterocycles. The molecule has 0 aliphatic carbocycles. The van der Waals surface area contributed by atoms with Gasteiger partial charge in [0.05, 0.1) is 10.4 Å². The second kappa shape index (κ2) is 6.52. The summed E-state index contributed by atoms with van der Waals surface area (Å²) in [5.74, 6) is 1.33. The number of halogens is 4. The number of benzene rings is 2. The molecule has 0 fully saturated rings. The van der Waals surface area contributed by atoms with Crippen molar-refractivity contribution in [2.45, 2.75) is 6.18 Å². The van der Waals surface area contributed by atoms with Gasteiger partial charge in [0.25, 0.3) is 0 Å². The Morgan fingerprint density at radius 2 is 1.70 bits per heavy atom. The average Bonchev–Trinajstić information content (AvgIpc) is 2.95. The minimum Gasteiger partial charge on any atom is -0.456 e. The van der Waals surface area contributed by atoms with Crippen LogP contribution in [0.4, 0.5) is 13.2 Å². The van der Waals surface area contributed by atoms with E-state index >= 15 is 0 Å². The summed E-state index contributed by atoms with van der Waals surface area (Å²) in [5, 5.41) is 1.86. The summed E-state index contributed by atoms with van der Waals surface area (Å²) in [6.45, 7) is 0. The SMILES string of the molecule is FC(F)(F)c1ccc(-c2sccc2Oc2ccccc2)c(I)c1. The van der Waals surface area contributed by atoms with Crippen LogP contribution in [0.15, 0.2) is 60.0 Å². The highest BCUT2D eigenvalue weighted by Gasteiger charge is 2.31. The zero-order valence-corrected chi connectivity index (χ0v) is 14.6. The molecule has 0 aliphatic rings. The Hall–Kier alpha value is -1.54. The molecule has 0 unspecified atom stereocenters. The van der Waals surface area contributed by atoms with Crippen LogP contribution in [0, 0.1) is 3.57 Å². The molecule has 0 aliphatic heterocycles. The molecule has 6 heteroatoms. The van der Waals surface area contributed by atoms with Gasteiger partial charge < -0.3 is 4.74 Å². The number of alkyl halides is 3. The molecule has 1 heterocycles. The number of rotatable bonds is 3. The van der Waals surface area contributed by atoms with Gasteiger partial charge in [-0.3, -0.25) is 0 Å². The molecule has 0 N–H and O–H groups in total. The van der Waals surface area contributed by atoms with Gasteiger partial charge in [0.2, 0.25) is 0 Å². The summed E-state index contributed by atoms with van der Waals surface area (Å²) in [7, 11) is 0. The fraction of sp³-hybridized carbons (Fsp3) is 0.0588. The van der Waals surface area contributed by atoms with Gasteiger partial charge in [0.1, 0.15) is 11.5 Å². The van der Waals surface area contributed by atoms with E-state index < -0.39 is 11.7 Å². The lowest BCUT2D eigenvalue weighted by molar-refractivity contribution is -0.137. The first-order valence-corrected chi connectivity index (χ1v) is 8.58. The Balaban J connectivity index is 1.96. The molecular formula is C17H10F3IOS. The van der Waals surface area contributed by atoms with Crippen LogP contribution in [0.1, 0.15) is 5.56 Å². The third kappa shape index (κ3) is 3.69. The molecule has 1 nitrogen and oxygen atoms in total. The van der Waals surface area contributed by atoms with Crippen molar-refractivity contribution < 1.29 is 17.9 Å². The number of thiophene rings is 1. The van der Waals surface area contributed by atoms with Gasteiger partial charge in [-0.15, -0.1) is 11.3 Å². The average molecular weight is 446 g/mol. The molecule has 0 atom stereocenters. The maximum atomic E-state index is 12.8. The molecule has 118 valence electrons. The van der Waals surface area contributed by atoms with E-state index in [2.05, 4.69) is 0 Å². The lowest BCUT2D eigenvalue weighted by atomic mass is 10.1. The monoisotopic (exact) mass is 446 g/mol. The lowest BCUT2D eigenvalue weighted by Crippen LogP contribution is -2.05. The molecule has 0 radical (unpaired) electrons. The number of hydrogen-bond acceptors (Lipinski definition) is 2. The van der Waals surface area contributed by atoms with Crippen LogP contribution in [0.25, 0.3) is 10.4 Å². The minimum absolute atomic E-state index is 0.540. The minimum atomic E-state index is -4.34. The molecule has 3 rings (SSSR count). The summed E-state index contributed by atoms with van der Waals surface area (Å²) in [6, 6.07) is 14.9. The predicted octanol–water partition coefficient (Wildman–Crippen LogP) is 6.83. The highest BCUT2D eigenvalue weighted by atomic mass is 127. The molecule has 0 bridgehead atoms. The third-order valence-corrected chi connectivity index (χ3v) is 4.96. The second-order valence-electron chi connectivity index (χ2n) is 4.72. The van der Waals surface area contributed by atoms with E-state index in [4.69, 9.17) is 4.74 Å². The molecule has 0 saturated carbocycles. The number of hydrogen-bond donors (Lipinski definition) is 0. The van der Waals surface area contributed by atoms with Crippen LogP contribution >= 0.6 is 33.9 Å². The lowest BCUT2D eigenvalue weighted by Gasteiger charge is -2.11. The molecule has 2 aromatic carbocycles. The zero-order chi connectivity index (χ0) is 16.4. The number of ether oxygens (including phenoxy) is 1. The Labute approximate surface area is 148 Å². The van der Waals surface area contributed by atoms with Crippen LogP contribution < -0.4 is 4.74 Å². The van der Waals surface area contributed by atoms with Crippen LogP contribution in [0.3, 0.4) is 0 Å². The van der Waals surface area contributed by atoms with Crippen LogP contribution in [0.5, 0.6) is 11.5 Å². The van der Waals surface area contributed by atoms with Gasteiger partial charge in [-0.05, 0) is 58.3 Å². The van der Waals surface area contributed by atoms with Crippen LogP contribution in [-0.4, -0.2) is 0 Å². The summed E-state index contributed by atoms with van der Waals surface area (Å²) in [4.78, 5) is 0.812. The van der Waals surface area contributed by atoms with E-state index in [-0.39, 0.29) is 0 Å². The molecule has 0 spiro atoms. The van der Waals surface area contributed by atoms with E-state index in [1.54, 1.807) is 0 Å². The topological polar surface area (TPSA) is 9.23 Å². The van der Waals surface area contributed by atoms with Crippen molar-refractivity contribution in [1.82, 2.24) is 0 Å². The Bertz CT molecular complexity index is 812. The molecule has 23 heavy (non-hydrogen) atoms. The second-order valence-corrected chi connectivity index (χ2v) is 6.80. The van der Waals surface area contributed by atoms with E-state index in [1.165, 1.54) is 17.4 Å². The van der Waals surface area contributed by atoms with Crippen molar-refractivity contribution in [1.29, 1.82) is 0 Å². The van der Waals surface area contributed by atoms with Crippen molar-refractivity contribution in [3.63, 3.8) is 0 Å². The highest BCUT2D eigenvalue weighted by Crippen LogP contribution is 2.41. The quantitative estimate of drug-likeness (QED) is 0.401. The van der Waals surface area contributed by atoms with Crippen LogP contribution in [0.2, 0.25) is 0 Å². The van der Waals surface area contributed by atoms with Crippen molar-refractivity contribution >= 4 is 33.9 Å². The highest BCUT2D eigenvalue weighted by molar-refractivity contribution is 14.1. The van der Waals surface area contributed by atoms with E-state index in [0.717, 1.165) is 22.6 Å². The molecule has 1 aromatic heterocycles. The predicted molar refractivity (Wildman–Crippen MR) is 94.0 cm³/mol. The largest absolute Gasteiger partial charge is 0.456 e. The molecular weight excluding hydrogens is 436 g/mol. The number of para-hydroxylation sites is 1. The smallest absolute Gasteiger partial charge is 0.416 e. The van der Waals surface area contributed by atoms with Crippen LogP contribution in [-0.2, 0) is 6.18 Å². The Morgan fingerprint density at radius 1 is 0.957 bits per heavy atom. The maximum absolute atomic E-state index is 12.8. The summed E-state index contributed by atoms with van der Waals surface area (Å²) in [5.41, 5.74) is 0.0901. The normalized spacial score (nSPS) is 11.5. The Kier molecular flexibility index (Phi) is 4.63. The van der Waals surface area contributed by atoms with Gasteiger partial charge in [-0.1, -0.05) is 24.3 Å². The van der Waals surface area contributed by atoms with Crippen molar-refractivity contribution in [3.8, 4) is 21.9 Å². The first-order chi connectivity index (χ1) is 10.9. The van der Waals surface area contributed by atoms with Crippen molar-refractivity contribution in [2.24, 2.45) is 0 Å². The zero-order valence-electron chi connectivity index (χ0n) is 11.6. The van der Waals surface area contributed by atoms with Gasteiger partial charge in [-0.2, -0.15) is 13.2 Å². The fourth-order valence-electron chi connectivity index (χ4n) is 2.07. The maximum Gasteiger partial charge on any atom is 0.416 e. The summed E-state index contributed by atoms with van der Waals surface area (Å²) in [6.07, 6.45) is -4.34. The van der Waals surface area contributed by atoms with E-state index in [1.807, 2.05) is 64.4 Å².